The first-order chi connectivity index (χ1) is 9.74. The summed E-state index contributed by atoms with van der Waals surface area (Å²) in [6.07, 6.45) is 0. The van der Waals surface area contributed by atoms with Gasteiger partial charge < -0.3 is 11.1 Å². The van der Waals surface area contributed by atoms with Crippen molar-refractivity contribution in [1.29, 1.82) is 0 Å². The van der Waals surface area contributed by atoms with E-state index in [1.54, 1.807) is 17.4 Å². The summed E-state index contributed by atoms with van der Waals surface area (Å²) in [7, 11) is 0. The Morgan fingerprint density at radius 2 is 1.85 bits per heavy atom. The molecule has 0 aliphatic heterocycles. The zero-order valence-corrected chi connectivity index (χ0v) is 12.1. The van der Waals surface area contributed by atoms with Crippen LogP contribution < -0.4 is 11.1 Å². The summed E-state index contributed by atoms with van der Waals surface area (Å²) in [5.41, 5.74) is 8.20. The number of hydrogen-bond acceptors (Lipinski definition) is 4. The molecular weight excluding hydrogens is 288 g/mol. The van der Waals surface area contributed by atoms with Crippen LogP contribution in [0.3, 0.4) is 0 Å². The zero-order chi connectivity index (χ0) is 13.9. The highest BCUT2D eigenvalue weighted by molar-refractivity contribution is 7.13. The van der Waals surface area contributed by atoms with E-state index < -0.39 is 0 Å². The van der Waals surface area contributed by atoms with Gasteiger partial charge in [0.1, 0.15) is 0 Å². The van der Waals surface area contributed by atoms with Crippen molar-refractivity contribution >= 4 is 40.0 Å². The molecule has 0 unspecified atom stereocenters. The van der Waals surface area contributed by atoms with Gasteiger partial charge in [0.25, 0.3) is 5.91 Å². The summed E-state index contributed by atoms with van der Waals surface area (Å²) in [6.45, 7) is 0. The van der Waals surface area contributed by atoms with E-state index >= 15 is 0 Å². The molecule has 3 aromatic rings. The van der Waals surface area contributed by atoms with Crippen LogP contribution in [0.2, 0.25) is 0 Å². The van der Waals surface area contributed by atoms with Crippen LogP contribution in [0.1, 0.15) is 9.67 Å². The Bertz CT molecular complexity index is 718. The van der Waals surface area contributed by atoms with Gasteiger partial charge in [-0.15, -0.1) is 22.7 Å². The molecular formula is C15H12N2OS2. The van der Waals surface area contributed by atoms with Crippen LogP contribution in [0, 0.1) is 0 Å². The van der Waals surface area contributed by atoms with Gasteiger partial charge >= 0.3 is 0 Å². The molecule has 2 aromatic heterocycles. The van der Waals surface area contributed by atoms with E-state index in [9.17, 15) is 4.79 Å². The molecule has 0 aliphatic rings. The third kappa shape index (κ3) is 2.59. The number of amides is 1. The lowest BCUT2D eigenvalue weighted by atomic mass is 10.1. The van der Waals surface area contributed by atoms with Crippen LogP contribution in [-0.2, 0) is 0 Å². The second-order valence-corrected chi connectivity index (χ2v) is 6.11. The summed E-state index contributed by atoms with van der Waals surface area (Å²) in [5.74, 6) is -0.130. The average Bonchev–Trinajstić information content (AvgIpc) is 3.14. The molecule has 0 aliphatic carbocycles. The van der Waals surface area contributed by atoms with Crippen LogP contribution >= 0.6 is 22.7 Å². The number of benzene rings is 1. The van der Waals surface area contributed by atoms with E-state index in [1.807, 2.05) is 47.2 Å². The minimum atomic E-state index is -0.130. The first-order valence-corrected chi connectivity index (χ1v) is 7.78. The summed E-state index contributed by atoms with van der Waals surface area (Å²) in [5, 5.41) is 6.76. The molecule has 3 N–H and O–H groups in total. The highest BCUT2D eigenvalue weighted by atomic mass is 32.1. The zero-order valence-electron chi connectivity index (χ0n) is 10.5. The fourth-order valence-electron chi connectivity index (χ4n) is 1.85. The van der Waals surface area contributed by atoms with E-state index in [0.29, 0.717) is 16.3 Å². The quantitative estimate of drug-likeness (QED) is 0.708. The van der Waals surface area contributed by atoms with Crippen molar-refractivity contribution in [2.75, 3.05) is 11.1 Å². The molecule has 1 amide bonds. The Morgan fingerprint density at radius 3 is 2.55 bits per heavy atom. The number of hydrogen-bond donors (Lipinski definition) is 2. The standard InChI is InChI=1S/C15H12N2OS2/c16-11-6-5-10(13-3-1-7-19-13)9-12(11)17-15(18)14-4-2-8-20-14/h1-9H,16H2,(H,17,18). The second-order valence-electron chi connectivity index (χ2n) is 4.21. The maximum atomic E-state index is 12.1. The van der Waals surface area contributed by atoms with Crippen molar-refractivity contribution in [2.45, 2.75) is 0 Å². The monoisotopic (exact) mass is 300 g/mol. The van der Waals surface area contributed by atoms with E-state index in [4.69, 9.17) is 5.73 Å². The average molecular weight is 300 g/mol. The molecule has 3 rings (SSSR count). The molecule has 0 fully saturated rings. The van der Waals surface area contributed by atoms with Gasteiger partial charge in [0.15, 0.2) is 0 Å². The summed E-state index contributed by atoms with van der Waals surface area (Å²) >= 11 is 3.06. The normalized spacial score (nSPS) is 10.4. The molecule has 0 saturated heterocycles. The number of thiophene rings is 2. The van der Waals surface area contributed by atoms with Crippen LogP contribution in [0.15, 0.2) is 53.2 Å². The van der Waals surface area contributed by atoms with Crippen molar-refractivity contribution in [1.82, 2.24) is 0 Å². The van der Waals surface area contributed by atoms with Gasteiger partial charge in [-0.25, -0.2) is 0 Å². The predicted octanol–water partition coefficient (Wildman–Crippen LogP) is 4.31. The number of anilines is 2. The number of nitrogens with two attached hydrogens (primary N) is 1. The van der Waals surface area contributed by atoms with Crippen molar-refractivity contribution in [2.24, 2.45) is 0 Å². The summed E-state index contributed by atoms with van der Waals surface area (Å²) in [6, 6.07) is 13.4. The van der Waals surface area contributed by atoms with Crippen LogP contribution in [0.25, 0.3) is 10.4 Å². The van der Waals surface area contributed by atoms with Crippen molar-refractivity contribution in [3.05, 3.63) is 58.1 Å². The molecule has 2 heterocycles. The fourth-order valence-corrected chi connectivity index (χ4v) is 3.20. The fraction of sp³-hybridized carbons (Fsp3) is 0. The first-order valence-electron chi connectivity index (χ1n) is 6.02. The van der Waals surface area contributed by atoms with Gasteiger partial charge in [0.05, 0.1) is 16.3 Å². The van der Waals surface area contributed by atoms with Crippen LogP contribution in [-0.4, -0.2) is 5.91 Å². The van der Waals surface area contributed by atoms with Crippen molar-refractivity contribution in [3.63, 3.8) is 0 Å². The Kier molecular flexibility index (Phi) is 3.54. The molecule has 0 atom stereocenters. The lowest BCUT2D eigenvalue weighted by molar-refractivity contribution is 0.103. The Balaban J connectivity index is 1.89. The van der Waals surface area contributed by atoms with E-state index in [0.717, 1.165) is 10.4 Å². The maximum absolute atomic E-state index is 12.1. The van der Waals surface area contributed by atoms with Gasteiger partial charge in [-0.1, -0.05) is 18.2 Å². The van der Waals surface area contributed by atoms with E-state index in [-0.39, 0.29) is 5.91 Å². The van der Waals surface area contributed by atoms with E-state index in [1.165, 1.54) is 11.3 Å². The lowest BCUT2D eigenvalue weighted by Crippen LogP contribution is -2.11. The number of rotatable bonds is 3. The maximum Gasteiger partial charge on any atom is 0.265 e. The number of carbonyl (C=O) groups excluding carboxylic acids is 1. The van der Waals surface area contributed by atoms with Crippen LogP contribution in [0.4, 0.5) is 11.4 Å². The molecule has 1 aromatic carbocycles. The Labute approximate surface area is 124 Å². The second kappa shape index (κ2) is 5.48. The molecule has 0 radical (unpaired) electrons. The molecule has 0 spiro atoms. The molecule has 0 bridgehead atoms. The smallest absolute Gasteiger partial charge is 0.265 e. The largest absolute Gasteiger partial charge is 0.397 e. The topological polar surface area (TPSA) is 55.1 Å². The highest BCUT2D eigenvalue weighted by Gasteiger charge is 2.10. The van der Waals surface area contributed by atoms with Crippen molar-refractivity contribution in [3.8, 4) is 10.4 Å². The third-order valence-electron chi connectivity index (χ3n) is 2.85. The molecule has 5 heteroatoms. The number of nitrogens with one attached hydrogen (secondary N) is 1. The van der Waals surface area contributed by atoms with Gasteiger partial charge in [-0.05, 0) is 40.6 Å². The SMILES string of the molecule is Nc1ccc(-c2cccs2)cc1NC(=O)c1cccs1. The molecule has 0 saturated carbocycles. The van der Waals surface area contributed by atoms with Gasteiger partial charge in [-0.2, -0.15) is 0 Å². The minimum absolute atomic E-state index is 0.130. The Hall–Kier alpha value is -2.11. The molecule has 3 nitrogen and oxygen atoms in total. The Morgan fingerprint density at radius 1 is 1.05 bits per heavy atom. The number of carbonyl (C=O) groups is 1. The summed E-state index contributed by atoms with van der Waals surface area (Å²) in [4.78, 5) is 13.9. The van der Waals surface area contributed by atoms with Crippen LogP contribution in [0.5, 0.6) is 0 Å². The van der Waals surface area contributed by atoms with E-state index in [2.05, 4.69) is 5.32 Å². The lowest BCUT2D eigenvalue weighted by Gasteiger charge is -2.09. The first kappa shape index (κ1) is 12.9. The van der Waals surface area contributed by atoms with Crippen molar-refractivity contribution < 1.29 is 4.79 Å². The summed E-state index contributed by atoms with van der Waals surface area (Å²) < 4.78 is 0. The highest BCUT2D eigenvalue weighted by Crippen LogP contribution is 2.30. The minimum Gasteiger partial charge on any atom is -0.397 e. The van der Waals surface area contributed by atoms with Gasteiger partial charge in [-0.3, -0.25) is 4.79 Å². The number of nitrogen functional groups attached to an aromatic ring is 1. The molecule has 100 valence electrons. The predicted molar refractivity (Wildman–Crippen MR) is 86.4 cm³/mol. The van der Waals surface area contributed by atoms with Gasteiger partial charge in [0, 0.05) is 4.88 Å². The third-order valence-corrected chi connectivity index (χ3v) is 4.64. The molecule has 20 heavy (non-hydrogen) atoms. The van der Waals surface area contributed by atoms with Gasteiger partial charge in [0.2, 0.25) is 0 Å².